The van der Waals surface area contributed by atoms with Crippen molar-refractivity contribution in [2.45, 2.75) is 6.92 Å². The molecule has 73 valence electrons. The second kappa shape index (κ2) is 3.25. The molecule has 1 aromatic rings. The Morgan fingerprint density at radius 3 is 2.86 bits per heavy atom. The number of aliphatic imine (C=N–C) groups is 1. The molecule has 3 nitrogen and oxygen atoms in total. The summed E-state index contributed by atoms with van der Waals surface area (Å²) in [6, 6.07) is 2.46. The number of amidine groups is 1. The molecular weight excluding hydrogens is 190 g/mol. The van der Waals surface area contributed by atoms with E-state index in [0.717, 1.165) is 6.07 Å². The Morgan fingerprint density at radius 2 is 2.14 bits per heavy atom. The number of rotatable bonds is 1. The summed E-state index contributed by atoms with van der Waals surface area (Å²) in [4.78, 5) is 3.86. The number of nitrogens with zero attached hydrogens (tertiary/aromatic N) is 2. The van der Waals surface area contributed by atoms with Crippen molar-refractivity contribution >= 4 is 17.4 Å². The van der Waals surface area contributed by atoms with Crippen LogP contribution in [0, 0.1) is 11.6 Å². The smallest absolute Gasteiger partial charge is 0.317 e. The normalized spacial score (nSPS) is 13.2. The number of hydrogen-bond donors (Lipinski definition) is 0. The van der Waals surface area contributed by atoms with E-state index in [2.05, 4.69) is 10.3 Å². The molecule has 14 heavy (non-hydrogen) atoms. The Bertz CT molecular complexity index is 404. The first-order valence-corrected chi connectivity index (χ1v) is 4.13. The lowest BCUT2D eigenvalue weighted by Gasteiger charge is -2.00. The van der Waals surface area contributed by atoms with E-state index in [0.29, 0.717) is 12.3 Å². The van der Waals surface area contributed by atoms with Crippen LogP contribution in [0.5, 0.6) is 0 Å². The fourth-order valence-corrected chi connectivity index (χ4v) is 1.14. The van der Waals surface area contributed by atoms with Crippen LogP contribution < -0.4 is 5.32 Å². The summed E-state index contributed by atoms with van der Waals surface area (Å²) in [5.41, 5.74) is 0.209. The predicted molar refractivity (Wildman–Crippen MR) is 46.9 cm³/mol. The van der Waals surface area contributed by atoms with E-state index in [9.17, 15) is 8.78 Å². The predicted octanol–water partition coefficient (Wildman–Crippen LogP) is 2.24. The van der Waals surface area contributed by atoms with Crippen molar-refractivity contribution in [2.24, 2.45) is 4.99 Å². The first-order chi connectivity index (χ1) is 6.72. The minimum atomic E-state index is -0.985. The van der Waals surface area contributed by atoms with E-state index >= 15 is 0 Å². The molecule has 1 aromatic carbocycles. The van der Waals surface area contributed by atoms with Crippen molar-refractivity contribution in [1.29, 1.82) is 0 Å². The highest BCUT2D eigenvalue weighted by Crippen LogP contribution is 2.34. The highest BCUT2D eigenvalue weighted by molar-refractivity contribution is 5.91. The fraction of sp³-hybridized carbons (Fsp3) is 0.222. The van der Waals surface area contributed by atoms with E-state index < -0.39 is 11.6 Å². The summed E-state index contributed by atoms with van der Waals surface area (Å²) >= 11 is 0. The zero-order valence-electron chi connectivity index (χ0n) is 7.42. The Kier molecular flexibility index (Phi) is 2.07. The molecule has 0 aliphatic carbocycles. The Balaban J connectivity index is 2.35. The van der Waals surface area contributed by atoms with Gasteiger partial charge in [-0.25, -0.2) is 8.78 Å². The quantitative estimate of drug-likeness (QED) is 0.680. The van der Waals surface area contributed by atoms with E-state index in [1.165, 1.54) is 6.07 Å². The van der Waals surface area contributed by atoms with Crippen LogP contribution in [0.4, 0.5) is 20.2 Å². The highest BCUT2D eigenvalue weighted by Gasteiger charge is 2.23. The third kappa shape index (κ3) is 1.30. The summed E-state index contributed by atoms with van der Waals surface area (Å²) in [5, 5.41) is 3.71. The lowest BCUT2D eigenvalue weighted by molar-refractivity contribution is 0.316. The molecule has 1 aliphatic rings. The maximum absolute atomic E-state index is 13.1. The number of hydrogen-bond acceptors (Lipinski definition) is 2. The van der Waals surface area contributed by atoms with Gasteiger partial charge in [-0.05, 0) is 19.1 Å². The zero-order valence-corrected chi connectivity index (χ0v) is 7.42. The molecule has 1 radical (unpaired) electrons. The van der Waals surface area contributed by atoms with Crippen molar-refractivity contribution in [2.75, 3.05) is 6.61 Å². The van der Waals surface area contributed by atoms with Gasteiger partial charge in [0.2, 0.25) is 0 Å². The van der Waals surface area contributed by atoms with Gasteiger partial charge in [-0.1, -0.05) is 0 Å². The Hall–Kier alpha value is -1.65. The fourth-order valence-electron chi connectivity index (χ4n) is 1.14. The monoisotopic (exact) mass is 197 g/mol. The largest absolute Gasteiger partial charge is 0.464 e. The molecule has 0 saturated carbocycles. The standard InChI is InChI=1S/C9H7F2N2O/c1-2-14-9-12-6-4-3-5(10)7(11)8(6)13-9/h3-4H,2H2,1H3. The van der Waals surface area contributed by atoms with Gasteiger partial charge in [0.05, 0.1) is 12.3 Å². The molecule has 2 rings (SSSR count). The third-order valence-electron chi connectivity index (χ3n) is 1.74. The third-order valence-corrected chi connectivity index (χ3v) is 1.74. The van der Waals surface area contributed by atoms with E-state index in [4.69, 9.17) is 4.74 Å². The van der Waals surface area contributed by atoms with Crippen LogP contribution in [0.15, 0.2) is 17.1 Å². The number of halogens is 2. The van der Waals surface area contributed by atoms with Crippen LogP contribution in [-0.2, 0) is 4.74 Å². The van der Waals surface area contributed by atoms with Gasteiger partial charge in [0, 0.05) is 0 Å². The van der Waals surface area contributed by atoms with Gasteiger partial charge >= 0.3 is 6.02 Å². The maximum Gasteiger partial charge on any atom is 0.317 e. The number of ether oxygens (including phenoxy) is 1. The van der Waals surface area contributed by atoms with Crippen LogP contribution >= 0.6 is 0 Å². The molecule has 0 spiro atoms. The molecule has 0 aromatic heterocycles. The number of fused-ring (bicyclic) bond motifs is 1. The van der Waals surface area contributed by atoms with E-state index in [1.807, 2.05) is 0 Å². The second-order valence-corrected chi connectivity index (χ2v) is 2.67. The topological polar surface area (TPSA) is 35.7 Å². The second-order valence-electron chi connectivity index (χ2n) is 2.67. The molecule has 0 atom stereocenters. The van der Waals surface area contributed by atoms with Gasteiger partial charge in [-0.15, -0.1) is 0 Å². The summed E-state index contributed by atoms with van der Waals surface area (Å²) in [7, 11) is 0. The molecule has 0 amide bonds. The molecule has 0 fully saturated rings. The molecule has 5 heteroatoms. The molecule has 0 bridgehead atoms. The summed E-state index contributed by atoms with van der Waals surface area (Å²) in [6.45, 7) is 2.15. The van der Waals surface area contributed by atoms with E-state index in [1.54, 1.807) is 6.92 Å². The Morgan fingerprint density at radius 1 is 1.36 bits per heavy atom. The molecule has 1 aliphatic heterocycles. The van der Waals surface area contributed by atoms with Crippen LogP contribution in [0.1, 0.15) is 6.92 Å². The van der Waals surface area contributed by atoms with Crippen molar-refractivity contribution in [3.8, 4) is 0 Å². The van der Waals surface area contributed by atoms with Gasteiger partial charge in [0.15, 0.2) is 11.6 Å². The first kappa shape index (κ1) is 8.93. The van der Waals surface area contributed by atoms with E-state index in [-0.39, 0.29) is 11.7 Å². The average molecular weight is 197 g/mol. The lowest BCUT2D eigenvalue weighted by atomic mass is 10.2. The van der Waals surface area contributed by atoms with Crippen LogP contribution in [0.25, 0.3) is 0 Å². The van der Waals surface area contributed by atoms with Crippen molar-refractivity contribution < 1.29 is 13.5 Å². The summed E-state index contributed by atoms with van der Waals surface area (Å²) in [5.74, 6) is -1.92. The van der Waals surface area contributed by atoms with Gasteiger partial charge in [-0.3, -0.25) is 0 Å². The minimum absolute atomic E-state index is 0.0759. The summed E-state index contributed by atoms with van der Waals surface area (Å²) < 4.78 is 30.9. The van der Waals surface area contributed by atoms with Crippen LogP contribution in [0.2, 0.25) is 0 Å². The molecule has 0 N–H and O–H groups in total. The molecule has 0 unspecified atom stereocenters. The van der Waals surface area contributed by atoms with Crippen molar-refractivity contribution in [3.63, 3.8) is 0 Å². The van der Waals surface area contributed by atoms with Crippen molar-refractivity contribution in [3.05, 3.63) is 23.8 Å². The SMILES string of the molecule is CCOC1=Nc2ccc(F)c(F)c2[N]1. The lowest BCUT2D eigenvalue weighted by Crippen LogP contribution is -2.11. The maximum atomic E-state index is 13.1. The van der Waals surface area contributed by atoms with Gasteiger partial charge in [0.1, 0.15) is 5.69 Å². The number of benzene rings is 1. The highest BCUT2D eigenvalue weighted by atomic mass is 19.2. The zero-order chi connectivity index (χ0) is 10.1. The first-order valence-electron chi connectivity index (χ1n) is 4.13. The van der Waals surface area contributed by atoms with Crippen LogP contribution in [0.3, 0.4) is 0 Å². The minimum Gasteiger partial charge on any atom is -0.464 e. The summed E-state index contributed by atoms with van der Waals surface area (Å²) in [6.07, 6.45) is 0. The average Bonchev–Trinajstić information content (AvgIpc) is 2.56. The molecule has 0 saturated heterocycles. The van der Waals surface area contributed by atoms with Gasteiger partial charge in [0.25, 0.3) is 0 Å². The van der Waals surface area contributed by atoms with Crippen molar-refractivity contribution in [1.82, 2.24) is 5.32 Å². The van der Waals surface area contributed by atoms with Gasteiger partial charge in [-0.2, -0.15) is 10.3 Å². The molecule has 1 heterocycles. The van der Waals surface area contributed by atoms with Crippen LogP contribution in [-0.4, -0.2) is 12.6 Å². The Labute approximate surface area is 79.4 Å². The molecular formula is C9H7F2N2O. The van der Waals surface area contributed by atoms with Gasteiger partial charge < -0.3 is 4.74 Å².